The Kier molecular flexibility index (Phi) is 7.00. The molecule has 0 aliphatic rings. The molecule has 0 atom stereocenters. The standard InChI is InChI=1S/C24H25N3O2/c25-20-10-6-9-19(17-20)13-14-23(28)27-22-12-5-4-11-21(22)24(29)26-16-15-18-7-2-1-3-8-18/h1-12,17H,13-16,25H2,(H,26,29)(H,27,28). The van der Waals surface area contributed by atoms with Gasteiger partial charge in [0.2, 0.25) is 5.91 Å². The lowest BCUT2D eigenvalue weighted by atomic mass is 10.1. The van der Waals surface area contributed by atoms with Crippen LogP contribution >= 0.6 is 0 Å². The van der Waals surface area contributed by atoms with Gasteiger partial charge in [-0.1, -0.05) is 54.6 Å². The molecule has 2 amide bonds. The first-order valence-electron chi connectivity index (χ1n) is 9.67. The zero-order chi connectivity index (χ0) is 20.5. The molecule has 3 rings (SSSR count). The summed E-state index contributed by atoms with van der Waals surface area (Å²) in [4.78, 5) is 24.9. The quantitative estimate of drug-likeness (QED) is 0.514. The van der Waals surface area contributed by atoms with E-state index in [4.69, 9.17) is 5.73 Å². The number of aryl methyl sites for hydroxylation is 1. The molecular weight excluding hydrogens is 362 g/mol. The van der Waals surface area contributed by atoms with Crippen molar-refractivity contribution >= 4 is 23.2 Å². The third-order valence-electron chi connectivity index (χ3n) is 4.58. The average Bonchev–Trinajstić information content (AvgIpc) is 2.73. The molecule has 3 aromatic carbocycles. The average molecular weight is 387 g/mol. The monoisotopic (exact) mass is 387 g/mol. The zero-order valence-corrected chi connectivity index (χ0v) is 16.2. The highest BCUT2D eigenvalue weighted by atomic mass is 16.2. The number of rotatable bonds is 8. The lowest BCUT2D eigenvalue weighted by Gasteiger charge is -2.12. The van der Waals surface area contributed by atoms with Crippen molar-refractivity contribution < 1.29 is 9.59 Å². The Bertz CT molecular complexity index is 971. The third-order valence-corrected chi connectivity index (χ3v) is 4.58. The van der Waals surface area contributed by atoms with Gasteiger partial charge < -0.3 is 16.4 Å². The molecular formula is C24H25N3O2. The summed E-state index contributed by atoms with van der Waals surface area (Å²) in [5, 5.41) is 5.77. The molecule has 0 aliphatic heterocycles. The number of hydrogen-bond donors (Lipinski definition) is 3. The maximum Gasteiger partial charge on any atom is 0.253 e. The van der Waals surface area contributed by atoms with Gasteiger partial charge in [0.1, 0.15) is 0 Å². The molecule has 0 aliphatic carbocycles. The Labute approximate surface area is 170 Å². The van der Waals surface area contributed by atoms with Gasteiger partial charge in [0.05, 0.1) is 11.3 Å². The predicted octanol–water partition coefficient (Wildman–Crippen LogP) is 3.81. The first-order chi connectivity index (χ1) is 14.1. The highest BCUT2D eigenvalue weighted by molar-refractivity contribution is 6.03. The lowest BCUT2D eigenvalue weighted by molar-refractivity contribution is -0.116. The molecule has 0 spiro atoms. The summed E-state index contributed by atoms with van der Waals surface area (Å²) in [5.41, 5.74) is 9.60. The van der Waals surface area contributed by atoms with E-state index >= 15 is 0 Å². The van der Waals surface area contributed by atoms with Gasteiger partial charge in [-0.3, -0.25) is 9.59 Å². The van der Waals surface area contributed by atoms with Crippen LogP contribution in [0.3, 0.4) is 0 Å². The van der Waals surface area contributed by atoms with E-state index in [1.165, 1.54) is 0 Å². The summed E-state index contributed by atoms with van der Waals surface area (Å²) in [7, 11) is 0. The summed E-state index contributed by atoms with van der Waals surface area (Å²) in [6.45, 7) is 0.528. The normalized spacial score (nSPS) is 10.3. The molecule has 0 aromatic heterocycles. The second-order valence-corrected chi connectivity index (χ2v) is 6.83. The maximum atomic E-state index is 12.6. The number of anilines is 2. The van der Waals surface area contributed by atoms with E-state index in [1.54, 1.807) is 24.3 Å². The molecule has 0 heterocycles. The van der Waals surface area contributed by atoms with Crippen molar-refractivity contribution in [1.29, 1.82) is 0 Å². The second kappa shape index (κ2) is 10.1. The number of hydrogen-bond acceptors (Lipinski definition) is 3. The van der Waals surface area contributed by atoms with Gasteiger partial charge in [-0.05, 0) is 48.2 Å². The van der Waals surface area contributed by atoms with Crippen LogP contribution in [0.4, 0.5) is 11.4 Å². The third kappa shape index (κ3) is 6.21. The Balaban J connectivity index is 1.54. The maximum absolute atomic E-state index is 12.6. The molecule has 0 fully saturated rings. The minimum Gasteiger partial charge on any atom is -0.399 e. The van der Waals surface area contributed by atoms with Crippen LogP contribution in [0.1, 0.15) is 27.9 Å². The van der Waals surface area contributed by atoms with E-state index in [1.807, 2.05) is 54.6 Å². The molecule has 148 valence electrons. The summed E-state index contributed by atoms with van der Waals surface area (Å²) in [5.74, 6) is -0.343. The van der Waals surface area contributed by atoms with Crippen LogP contribution in [0.15, 0.2) is 78.9 Å². The molecule has 0 radical (unpaired) electrons. The van der Waals surface area contributed by atoms with E-state index < -0.39 is 0 Å². The van der Waals surface area contributed by atoms with Crippen LogP contribution in [-0.2, 0) is 17.6 Å². The van der Waals surface area contributed by atoms with E-state index in [9.17, 15) is 9.59 Å². The van der Waals surface area contributed by atoms with Gasteiger partial charge in [0.25, 0.3) is 5.91 Å². The molecule has 5 heteroatoms. The predicted molar refractivity (Wildman–Crippen MR) is 117 cm³/mol. The van der Waals surface area contributed by atoms with Crippen LogP contribution in [0.5, 0.6) is 0 Å². The van der Waals surface area contributed by atoms with E-state index in [0.717, 1.165) is 17.5 Å². The molecule has 0 unspecified atom stereocenters. The van der Waals surface area contributed by atoms with Gasteiger partial charge in [-0.2, -0.15) is 0 Å². The Morgan fingerprint density at radius 2 is 1.52 bits per heavy atom. The highest BCUT2D eigenvalue weighted by Gasteiger charge is 2.13. The number of nitrogen functional groups attached to an aromatic ring is 1. The van der Waals surface area contributed by atoms with E-state index in [-0.39, 0.29) is 11.8 Å². The van der Waals surface area contributed by atoms with Gasteiger partial charge in [-0.15, -0.1) is 0 Å². The number of nitrogens with one attached hydrogen (secondary N) is 2. The number of para-hydroxylation sites is 1. The summed E-state index contributed by atoms with van der Waals surface area (Å²) < 4.78 is 0. The molecule has 3 aromatic rings. The van der Waals surface area contributed by atoms with Crippen molar-refractivity contribution in [3.8, 4) is 0 Å². The Morgan fingerprint density at radius 1 is 0.793 bits per heavy atom. The fourth-order valence-corrected chi connectivity index (χ4v) is 3.07. The summed E-state index contributed by atoms with van der Waals surface area (Å²) in [6.07, 6.45) is 1.65. The second-order valence-electron chi connectivity index (χ2n) is 6.83. The number of nitrogens with two attached hydrogens (primary N) is 1. The topological polar surface area (TPSA) is 84.2 Å². The van der Waals surface area contributed by atoms with Gasteiger partial charge in [-0.25, -0.2) is 0 Å². The Hall–Kier alpha value is -3.60. The number of benzene rings is 3. The first-order valence-corrected chi connectivity index (χ1v) is 9.67. The van der Waals surface area contributed by atoms with E-state index in [0.29, 0.717) is 36.3 Å². The number of amides is 2. The van der Waals surface area contributed by atoms with Crippen LogP contribution in [0.25, 0.3) is 0 Å². The van der Waals surface area contributed by atoms with Crippen LogP contribution < -0.4 is 16.4 Å². The van der Waals surface area contributed by atoms with Crippen molar-refractivity contribution in [1.82, 2.24) is 5.32 Å². The molecule has 0 saturated carbocycles. The fraction of sp³-hybridized carbons (Fsp3) is 0.167. The molecule has 29 heavy (non-hydrogen) atoms. The van der Waals surface area contributed by atoms with Gasteiger partial charge >= 0.3 is 0 Å². The fourth-order valence-electron chi connectivity index (χ4n) is 3.07. The molecule has 0 saturated heterocycles. The van der Waals surface area contributed by atoms with Crippen molar-refractivity contribution in [2.24, 2.45) is 0 Å². The minimum atomic E-state index is -0.201. The van der Waals surface area contributed by atoms with E-state index in [2.05, 4.69) is 10.6 Å². The van der Waals surface area contributed by atoms with Gasteiger partial charge in [0.15, 0.2) is 0 Å². The summed E-state index contributed by atoms with van der Waals surface area (Å²) in [6, 6.07) is 24.5. The van der Waals surface area contributed by atoms with Gasteiger partial charge in [0, 0.05) is 18.7 Å². The molecule has 0 bridgehead atoms. The van der Waals surface area contributed by atoms with Crippen molar-refractivity contribution in [3.63, 3.8) is 0 Å². The minimum absolute atomic E-state index is 0.142. The SMILES string of the molecule is Nc1cccc(CCC(=O)Nc2ccccc2C(=O)NCCc2ccccc2)c1. The van der Waals surface area contributed by atoms with Crippen molar-refractivity contribution in [2.75, 3.05) is 17.6 Å². The van der Waals surface area contributed by atoms with Crippen LogP contribution in [0, 0.1) is 0 Å². The van der Waals surface area contributed by atoms with Crippen LogP contribution in [-0.4, -0.2) is 18.4 Å². The molecule has 5 nitrogen and oxygen atoms in total. The van der Waals surface area contributed by atoms with Crippen molar-refractivity contribution in [2.45, 2.75) is 19.3 Å². The number of carbonyl (C=O) groups excluding carboxylic acids is 2. The highest BCUT2D eigenvalue weighted by Crippen LogP contribution is 2.16. The zero-order valence-electron chi connectivity index (χ0n) is 16.2. The Morgan fingerprint density at radius 3 is 2.31 bits per heavy atom. The lowest BCUT2D eigenvalue weighted by Crippen LogP contribution is -2.27. The smallest absolute Gasteiger partial charge is 0.253 e. The largest absolute Gasteiger partial charge is 0.399 e. The van der Waals surface area contributed by atoms with Crippen LogP contribution in [0.2, 0.25) is 0 Å². The molecule has 4 N–H and O–H groups in total. The first kappa shape index (κ1) is 20.1. The summed E-state index contributed by atoms with van der Waals surface area (Å²) >= 11 is 0. The van der Waals surface area contributed by atoms with Crippen molar-refractivity contribution in [3.05, 3.63) is 95.6 Å². The number of carbonyl (C=O) groups is 2.